The molecular formula is C13H18N4O. The zero-order valence-electron chi connectivity index (χ0n) is 11.0. The second-order valence-electron chi connectivity index (χ2n) is 4.40. The number of aryl methyl sites for hydroxylation is 1. The number of carbonyl (C=O) groups excluding carboxylic acids is 1. The minimum absolute atomic E-state index is 0.342. The number of hydrogen-bond donors (Lipinski definition) is 0. The topological polar surface area (TPSA) is 52.7 Å². The first-order valence-corrected chi connectivity index (χ1v) is 6.22. The molecule has 0 bridgehead atoms. The van der Waals surface area contributed by atoms with Crippen LogP contribution in [-0.4, -0.2) is 25.8 Å². The van der Waals surface area contributed by atoms with Gasteiger partial charge in [0.05, 0.1) is 17.8 Å². The number of aromatic nitrogens is 4. The van der Waals surface area contributed by atoms with Crippen LogP contribution in [0.5, 0.6) is 0 Å². The average molecular weight is 246 g/mol. The van der Waals surface area contributed by atoms with Crippen LogP contribution < -0.4 is 0 Å². The number of rotatable bonds is 5. The Morgan fingerprint density at radius 1 is 1.33 bits per heavy atom. The molecule has 0 unspecified atom stereocenters. The zero-order chi connectivity index (χ0) is 13.1. The molecule has 0 N–H and O–H groups in total. The maximum absolute atomic E-state index is 11.1. The van der Waals surface area contributed by atoms with Crippen LogP contribution in [-0.2, 0) is 7.05 Å². The summed E-state index contributed by atoms with van der Waals surface area (Å²) in [6.45, 7) is 4.25. The van der Waals surface area contributed by atoms with Crippen LogP contribution >= 0.6 is 0 Å². The van der Waals surface area contributed by atoms with Crippen molar-refractivity contribution < 1.29 is 4.79 Å². The number of carbonyl (C=O) groups is 1. The minimum Gasteiger partial charge on any atom is -0.298 e. The first kappa shape index (κ1) is 12.5. The predicted octanol–water partition coefficient (Wildman–Crippen LogP) is 2.46. The van der Waals surface area contributed by atoms with E-state index in [1.54, 1.807) is 10.9 Å². The van der Waals surface area contributed by atoms with Gasteiger partial charge in [-0.05, 0) is 12.8 Å². The Bertz CT molecular complexity index is 537. The molecule has 96 valence electrons. The van der Waals surface area contributed by atoms with Gasteiger partial charge in [-0.2, -0.15) is 10.2 Å². The fourth-order valence-electron chi connectivity index (χ4n) is 2.11. The molecule has 0 aromatic carbocycles. The molecule has 0 saturated carbocycles. The van der Waals surface area contributed by atoms with Crippen molar-refractivity contribution >= 4 is 6.29 Å². The van der Waals surface area contributed by atoms with Gasteiger partial charge in [-0.1, -0.05) is 13.8 Å². The lowest BCUT2D eigenvalue weighted by molar-refractivity contribution is 0.112. The van der Waals surface area contributed by atoms with E-state index in [-0.39, 0.29) is 0 Å². The smallest absolute Gasteiger partial charge is 0.153 e. The molecule has 0 amide bonds. The second kappa shape index (κ2) is 5.16. The molecule has 2 aromatic rings. The van der Waals surface area contributed by atoms with Crippen LogP contribution in [0.3, 0.4) is 0 Å². The lowest BCUT2D eigenvalue weighted by atomic mass is 10.2. The summed E-state index contributed by atoms with van der Waals surface area (Å²) in [5.74, 6) is 0. The van der Waals surface area contributed by atoms with Gasteiger partial charge in [-0.15, -0.1) is 0 Å². The van der Waals surface area contributed by atoms with Gasteiger partial charge in [-0.25, -0.2) is 0 Å². The normalized spacial score (nSPS) is 11.1. The third-order valence-electron chi connectivity index (χ3n) is 3.18. The summed E-state index contributed by atoms with van der Waals surface area (Å²) >= 11 is 0. The standard InChI is InChI=1S/C13H18N4O/c1-4-12(5-2)17-8-11(9-18)13(15-17)10-6-14-16(3)7-10/h6-9,12H,4-5H2,1-3H3. The van der Waals surface area contributed by atoms with Gasteiger partial charge in [0.2, 0.25) is 0 Å². The number of nitrogens with zero attached hydrogens (tertiary/aromatic N) is 4. The van der Waals surface area contributed by atoms with Crippen molar-refractivity contribution in [2.24, 2.45) is 7.05 Å². The molecule has 0 aliphatic carbocycles. The summed E-state index contributed by atoms with van der Waals surface area (Å²) in [7, 11) is 1.85. The van der Waals surface area contributed by atoms with Gasteiger partial charge in [0, 0.05) is 25.0 Å². The lowest BCUT2D eigenvalue weighted by Crippen LogP contribution is -2.07. The third-order valence-corrected chi connectivity index (χ3v) is 3.18. The van der Waals surface area contributed by atoms with E-state index in [0.717, 1.165) is 24.7 Å². The number of aldehydes is 1. The largest absolute Gasteiger partial charge is 0.298 e. The SMILES string of the molecule is CCC(CC)n1cc(C=O)c(-c2cnn(C)c2)n1. The van der Waals surface area contributed by atoms with E-state index in [4.69, 9.17) is 0 Å². The first-order chi connectivity index (χ1) is 8.69. The van der Waals surface area contributed by atoms with Crippen LogP contribution in [0.15, 0.2) is 18.6 Å². The molecule has 5 nitrogen and oxygen atoms in total. The molecule has 0 fully saturated rings. The maximum atomic E-state index is 11.1. The van der Waals surface area contributed by atoms with Gasteiger partial charge in [0.15, 0.2) is 6.29 Å². The maximum Gasteiger partial charge on any atom is 0.153 e. The fourth-order valence-corrected chi connectivity index (χ4v) is 2.11. The van der Waals surface area contributed by atoms with Crippen LogP contribution in [0.4, 0.5) is 0 Å². The van der Waals surface area contributed by atoms with Crippen LogP contribution in [0, 0.1) is 0 Å². The molecule has 2 heterocycles. The van der Waals surface area contributed by atoms with Crippen molar-refractivity contribution in [3.8, 4) is 11.3 Å². The first-order valence-electron chi connectivity index (χ1n) is 6.22. The Morgan fingerprint density at radius 3 is 2.56 bits per heavy atom. The van der Waals surface area contributed by atoms with Crippen LogP contribution in [0.1, 0.15) is 43.1 Å². The average Bonchev–Trinajstić information content (AvgIpc) is 2.97. The quantitative estimate of drug-likeness (QED) is 0.761. The molecule has 0 spiro atoms. The van der Waals surface area contributed by atoms with E-state index in [1.807, 2.05) is 24.1 Å². The predicted molar refractivity (Wildman–Crippen MR) is 69.4 cm³/mol. The molecule has 5 heteroatoms. The van der Waals surface area contributed by atoms with Crippen molar-refractivity contribution in [3.05, 3.63) is 24.2 Å². The number of hydrogen-bond acceptors (Lipinski definition) is 3. The molecule has 0 aliphatic heterocycles. The van der Waals surface area contributed by atoms with E-state index >= 15 is 0 Å². The molecule has 2 aromatic heterocycles. The molecule has 18 heavy (non-hydrogen) atoms. The van der Waals surface area contributed by atoms with Crippen molar-refractivity contribution in [2.75, 3.05) is 0 Å². The Morgan fingerprint density at radius 2 is 2.06 bits per heavy atom. The molecule has 2 rings (SSSR count). The Labute approximate surface area is 106 Å². The van der Waals surface area contributed by atoms with E-state index in [0.29, 0.717) is 17.3 Å². The zero-order valence-corrected chi connectivity index (χ0v) is 11.0. The summed E-state index contributed by atoms with van der Waals surface area (Å²) in [5.41, 5.74) is 2.21. The third kappa shape index (κ3) is 2.20. The minimum atomic E-state index is 0.342. The monoisotopic (exact) mass is 246 g/mol. The van der Waals surface area contributed by atoms with Crippen LogP contribution in [0.25, 0.3) is 11.3 Å². The highest BCUT2D eigenvalue weighted by Gasteiger charge is 2.15. The molecule has 0 atom stereocenters. The summed E-state index contributed by atoms with van der Waals surface area (Å²) < 4.78 is 3.60. The van der Waals surface area contributed by atoms with E-state index < -0.39 is 0 Å². The highest BCUT2D eigenvalue weighted by atomic mass is 16.1. The fraction of sp³-hybridized carbons (Fsp3) is 0.462. The molecule has 0 radical (unpaired) electrons. The molecular weight excluding hydrogens is 228 g/mol. The van der Waals surface area contributed by atoms with E-state index in [1.165, 1.54) is 0 Å². The van der Waals surface area contributed by atoms with Crippen molar-refractivity contribution in [1.82, 2.24) is 19.6 Å². The second-order valence-corrected chi connectivity index (χ2v) is 4.40. The summed E-state index contributed by atoms with van der Waals surface area (Å²) in [6, 6.07) is 0.342. The summed E-state index contributed by atoms with van der Waals surface area (Å²) in [5, 5.41) is 8.65. The van der Waals surface area contributed by atoms with Crippen molar-refractivity contribution in [1.29, 1.82) is 0 Å². The van der Waals surface area contributed by atoms with E-state index in [2.05, 4.69) is 24.0 Å². The van der Waals surface area contributed by atoms with Crippen molar-refractivity contribution in [2.45, 2.75) is 32.7 Å². The van der Waals surface area contributed by atoms with Crippen LogP contribution in [0.2, 0.25) is 0 Å². The van der Waals surface area contributed by atoms with E-state index in [9.17, 15) is 4.79 Å². The van der Waals surface area contributed by atoms with Gasteiger partial charge < -0.3 is 0 Å². The Hall–Kier alpha value is -1.91. The van der Waals surface area contributed by atoms with Gasteiger partial charge >= 0.3 is 0 Å². The Balaban J connectivity index is 2.44. The highest BCUT2D eigenvalue weighted by Crippen LogP contribution is 2.23. The summed E-state index contributed by atoms with van der Waals surface area (Å²) in [4.78, 5) is 11.1. The van der Waals surface area contributed by atoms with Gasteiger partial charge in [0.1, 0.15) is 5.69 Å². The summed E-state index contributed by atoms with van der Waals surface area (Å²) in [6.07, 6.45) is 8.28. The molecule has 0 saturated heterocycles. The van der Waals surface area contributed by atoms with Crippen molar-refractivity contribution in [3.63, 3.8) is 0 Å². The highest BCUT2D eigenvalue weighted by molar-refractivity contribution is 5.85. The lowest BCUT2D eigenvalue weighted by Gasteiger charge is -2.12. The van der Waals surface area contributed by atoms with Gasteiger partial charge in [-0.3, -0.25) is 14.2 Å². The van der Waals surface area contributed by atoms with Gasteiger partial charge in [0.25, 0.3) is 0 Å². The Kier molecular flexibility index (Phi) is 3.60. The molecule has 0 aliphatic rings.